The summed E-state index contributed by atoms with van der Waals surface area (Å²) in [7, 11) is 1.63. The SMILES string of the molecule is COc1cccc(C(CNC(=O)Cn2[nH]c(=O)c3ccccc3c2=O)N2CCCC2)c1. The highest BCUT2D eigenvalue weighted by Gasteiger charge is 2.24. The number of rotatable bonds is 7. The third kappa shape index (κ3) is 4.54. The summed E-state index contributed by atoms with van der Waals surface area (Å²) in [6.07, 6.45) is 2.25. The van der Waals surface area contributed by atoms with Crippen LogP contribution in [0.5, 0.6) is 5.75 Å². The highest BCUT2D eigenvalue weighted by Crippen LogP contribution is 2.27. The number of carbonyl (C=O) groups excluding carboxylic acids is 1. The highest BCUT2D eigenvalue weighted by atomic mass is 16.5. The minimum absolute atomic E-state index is 0.00826. The van der Waals surface area contributed by atoms with Crippen LogP contribution in [0.4, 0.5) is 0 Å². The zero-order chi connectivity index (χ0) is 21.8. The van der Waals surface area contributed by atoms with Gasteiger partial charge in [-0.25, -0.2) is 4.68 Å². The third-order valence-electron chi connectivity index (χ3n) is 5.74. The number of nitrogens with one attached hydrogen (secondary N) is 2. The number of ether oxygens (including phenoxy) is 1. The van der Waals surface area contributed by atoms with Crippen LogP contribution < -0.4 is 21.2 Å². The Morgan fingerprint density at radius 3 is 2.58 bits per heavy atom. The molecule has 3 aromatic rings. The molecule has 2 N–H and O–H groups in total. The first-order valence-corrected chi connectivity index (χ1v) is 10.4. The number of H-pyrrole nitrogens is 1. The van der Waals surface area contributed by atoms with E-state index in [9.17, 15) is 14.4 Å². The number of hydrogen-bond donors (Lipinski definition) is 2. The molecule has 0 saturated carbocycles. The van der Waals surface area contributed by atoms with E-state index < -0.39 is 11.1 Å². The monoisotopic (exact) mass is 422 g/mol. The molecule has 8 nitrogen and oxygen atoms in total. The van der Waals surface area contributed by atoms with Crippen LogP contribution in [0.3, 0.4) is 0 Å². The lowest BCUT2D eigenvalue weighted by molar-refractivity contribution is -0.122. The number of aromatic amines is 1. The molecule has 0 aliphatic carbocycles. The number of benzene rings is 2. The summed E-state index contributed by atoms with van der Waals surface area (Å²) in [5, 5.41) is 6.05. The summed E-state index contributed by atoms with van der Waals surface area (Å²) in [6, 6.07) is 14.4. The maximum Gasteiger partial charge on any atom is 0.273 e. The van der Waals surface area contributed by atoms with Crippen molar-refractivity contribution in [1.29, 1.82) is 0 Å². The van der Waals surface area contributed by atoms with E-state index in [-0.39, 0.29) is 18.5 Å². The highest BCUT2D eigenvalue weighted by molar-refractivity contribution is 5.81. The third-order valence-corrected chi connectivity index (χ3v) is 5.74. The van der Waals surface area contributed by atoms with Gasteiger partial charge in [0.1, 0.15) is 12.3 Å². The number of aromatic nitrogens is 2. The molecule has 8 heteroatoms. The molecule has 4 rings (SSSR count). The molecule has 2 heterocycles. The van der Waals surface area contributed by atoms with Crippen LogP contribution in [0.1, 0.15) is 24.4 Å². The molecule has 1 fully saturated rings. The lowest BCUT2D eigenvalue weighted by Gasteiger charge is -2.28. The number of fused-ring (bicyclic) bond motifs is 1. The van der Waals surface area contributed by atoms with Crippen molar-refractivity contribution in [3.8, 4) is 5.75 Å². The number of carbonyl (C=O) groups is 1. The maximum absolute atomic E-state index is 12.6. The van der Waals surface area contributed by atoms with Gasteiger partial charge >= 0.3 is 0 Å². The summed E-state index contributed by atoms with van der Waals surface area (Å²) in [5.41, 5.74) is 0.279. The van der Waals surface area contributed by atoms with Crippen molar-refractivity contribution in [3.05, 3.63) is 74.8 Å². The summed E-state index contributed by atoms with van der Waals surface area (Å²) < 4.78 is 6.42. The molecule has 2 aromatic carbocycles. The molecule has 0 bridgehead atoms. The number of nitrogens with zero attached hydrogens (tertiary/aromatic N) is 2. The summed E-state index contributed by atoms with van der Waals surface area (Å²) in [4.78, 5) is 39.9. The fourth-order valence-electron chi connectivity index (χ4n) is 4.13. The van der Waals surface area contributed by atoms with Gasteiger partial charge in [0.2, 0.25) is 5.91 Å². The molecular weight excluding hydrogens is 396 g/mol. The predicted octanol–water partition coefficient (Wildman–Crippen LogP) is 1.65. The van der Waals surface area contributed by atoms with Crippen molar-refractivity contribution in [3.63, 3.8) is 0 Å². The largest absolute Gasteiger partial charge is 0.497 e. The lowest BCUT2D eigenvalue weighted by atomic mass is 10.0. The fraction of sp³-hybridized carbons (Fsp3) is 0.348. The number of amides is 1. The second-order valence-corrected chi connectivity index (χ2v) is 7.72. The van der Waals surface area contributed by atoms with Crippen LogP contribution in [0.15, 0.2) is 58.1 Å². The molecule has 1 amide bonds. The van der Waals surface area contributed by atoms with Gasteiger partial charge in [-0.2, -0.15) is 0 Å². The summed E-state index contributed by atoms with van der Waals surface area (Å²) >= 11 is 0. The first-order chi connectivity index (χ1) is 15.1. The Hall–Kier alpha value is -3.39. The normalized spacial score (nSPS) is 15.1. The average molecular weight is 422 g/mol. The molecule has 1 unspecified atom stereocenters. The molecule has 1 aliphatic rings. The lowest BCUT2D eigenvalue weighted by Crippen LogP contribution is -2.40. The van der Waals surface area contributed by atoms with E-state index in [1.807, 2.05) is 24.3 Å². The van der Waals surface area contributed by atoms with Gasteiger partial charge in [-0.1, -0.05) is 24.3 Å². The van der Waals surface area contributed by atoms with Crippen molar-refractivity contribution in [2.24, 2.45) is 0 Å². The standard InChI is InChI=1S/C23H26N4O4/c1-31-17-8-6-7-16(13-17)20(26-11-4-5-12-26)14-24-21(28)15-27-23(30)19-10-3-2-9-18(19)22(29)25-27/h2-3,6-10,13,20H,4-5,11-12,14-15H2,1H3,(H,24,28)(H,25,29). The van der Waals surface area contributed by atoms with E-state index >= 15 is 0 Å². The smallest absolute Gasteiger partial charge is 0.273 e. The van der Waals surface area contributed by atoms with Gasteiger partial charge in [-0.3, -0.25) is 24.4 Å². The minimum Gasteiger partial charge on any atom is -0.497 e. The van der Waals surface area contributed by atoms with E-state index in [2.05, 4.69) is 15.3 Å². The van der Waals surface area contributed by atoms with Crippen molar-refractivity contribution in [2.75, 3.05) is 26.7 Å². The van der Waals surface area contributed by atoms with Crippen LogP contribution >= 0.6 is 0 Å². The van der Waals surface area contributed by atoms with Crippen molar-refractivity contribution < 1.29 is 9.53 Å². The quantitative estimate of drug-likeness (QED) is 0.604. The van der Waals surface area contributed by atoms with Gasteiger partial charge in [0, 0.05) is 6.54 Å². The summed E-state index contributed by atoms with van der Waals surface area (Å²) in [5.74, 6) is 0.438. The number of hydrogen-bond acceptors (Lipinski definition) is 5. The van der Waals surface area contributed by atoms with Crippen molar-refractivity contribution in [1.82, 2.24) is 20.0 Å². The second-order valence-electron chi connectivity index (χ2n) is 7.72. The molecule has 31 heavy (non-hydrogen) atoms. The molecule has 1 atom stereocenters. The molecule has 1 aromatic heterocycles. The molecule has 1 aliphatic heterocycles. The Bertz CT molecular complexity index is 1190. The van der Waals surface area contributed by atoms with Crippen LogP contribution in [0.25, 0.3) is 10.8 Å². The predicted molar refractivity (Wildman–Crippen MR) is 118 cm³/mol. The van der Waals surface area contributed by atoms with Crippen LogP contribution in [-0.4, -0.2) is 47.3 Å². The van der Waals surface area contributed by atoms with Gasteiger partial charge in [0.15, 0.2) is 0 Å². The van der Waals surface area contributed by atoms with Crippen LogP contribution in [-0.2, 0) is 11.3 Å². The van der Waals surface area contributed by atoms with Gasteiger partial charge < -0.3 is 10.1 Å². The van der Waals surface area contributed by atoms with E-state index in [0.29, 0.717) is 17.3 Å². The van der Waals surface area contributed by atoms with Crippen molar-refractivity contribution in [2.45, 2.75) is 25.4 Å². The maximum atomic E-state index is 12.6. The molecule has 1 saturated heterocycles. The van der Waals surface area contributed by atoms with E-state index in [1.165, 1.54) is 0 Å². The molecule has 0 radical (unpaired) electrons. The van der Waals surface area contributed by atoms with Gasteiger partial charge in [0.05, 0.1) is 23.9 Å². The topological polar surface area (TPSA) is 96.4 Å². The second kappa shape index (κ2) is 9.18. The molecular formula is C23H26N4O4. The van der Waals surface area contributed by atoms with E-state index in [0.717, 1.165) is 41.9 Å². The zero-order valence-corrected chi connectivity index (χ0v) is 17.5. The van der Waals surface area contributed by atoms with Crippen LogP contribution in [0.2, 0.25) is 0 Å². The first-order valence-electron chi connectivity index (χ1n) is 10.4. The zero-order valence-electron chi connectivity index (χ0n) is 17.5. The number of methoxy groups -OCH3 is 1. The van der Waals surface area contributed by atoms with E-state index in [1.54, 1.807) is 31.4 Å². The van der Waals surface area contributed by atoms with Gasteiger partial charge in [-0.05, 0) is 55.8 Å². The average Bonchev–Trinajstić information content (AvgIpc) is 3.32. The minimum atomic E-state index is -0.394. The van der Waals surface area contributed by atoms with Gasteiger partial charge in [-0.15, -0.1) is 0 Å². The fourth-order valence-corrected chi connectivity index (χ4v) is 4.13. The summed E-state index contributed by atoms with van der Waals surface area (Å²) in [6.45, 7) is 2.09. The Kier molecular flexibility index (Phi) is 6.18. The Balaban J connectivity index is 1.51. The Labute approximate surface area is 179 Å². The van der Waals surface area contributed by atoms with E-state index in [4.69, 9.17) is 4.74 Å². The first kappa shape index (κ1) is 20.9. The van der Waals surface area contributed by atoms with Crippen molar-refractivity contribution >= 4 is 16.7 Å². The molecule has 0 spiro atoms. The Morgan fingerprint density at radius 2 is 1.84 bits per heavy atom. The molecule has 162 valence electrons. The van der Waals surface area contributed by atoms with Gasteiger partial charge in [0.25, 0.3) is 11.1 Å². The van der Waals surface area contributed by atoms with Crippen LogP contribution in [0, 0.1) is 0 Å². The number of likely N-dealkylation sites (tertiary alicyclic amines) is 1. The Morgan fingerprint density at radius 1 is 1.10 bits per heavy atom.